The summed E-state index contributed by atoms with van der Waals surface area (Å²) in [5.41, 5.74) is -0.115. The van der Waals surface area contributed by atoms with Crippen molar-refractivity contribution in [3.05, 3.63) is 0 Å². The molecule has 0 bridgehead atoms. The number of amides is 1. The first kappa shape index (κ1) is 13.4. The zero-order chi connectivity index (χ0) is 13.4. The van der Waals surface area contributed by atoms with E-state index in [2.05, 4.69) is 5.32 Å². The van der Waals surface area contributed by atoms with Gasteiger partial charge in [0.2, 0.25) is 0 Å². The van der Waals surface area contributed by atoms with Gasteiger partial charge in [0, 0.05) is 18.9 Å². The molecule has 102 valence electrons. The van der Waals surface area contributed by atoms with Gasteiger partial charge < -0.3 is 10.1 Å². The fraction of sp³-hybridized carbons (Fsp3) is 0.857. The molecule has 0 radical (unpaired) electrons. The van der Waals surface area contributed by atoms with Gasteiger partial charge in [-0.1, -0.05) is 0 Å². The Bertz CT molecular complexity index is 339. The van der Waals surface area contributed by atoms with Crippen LogP contribution in [0.2, 0.25) is 0 Å². The van der Waals surface area contributed by atoms with Gasteiger partial charge in [0.1, 0.15) is 11.4 Å². The van der Waals surface area contributed by atoms with Crippen LogP contribution < -0.4 is 5.32 Å². The molecule has 2 aliphatic carbocycles. The van der Waals surface area contributed by atoms with Gasteiger partial charge >= 0.3 is 6.09 Å². The van der Waals surface area contributed by atoms with E-state index >= 15 is 0 Å². The third kappa shape index (κ3) is 3.24. The Hall–Kier alpha value is -1.06. The zero-order valence-corrected chi connectivity index (χ0v) is 11.5. The summed E-state index contributed by atoms with van der Waals surface area (Å²) in [6.45, 7) is 5.59. The Balaban J connectivity index is 1.73. The molecule has 18 heavy (non-hydrogen) atoms. The van der Waals surface area contributed by atoms with Crippen LogP contribution in [0.1, 0.15) is 59.3 Å². The van der Waals surface area contributed by atoms with Crippen LogP contribution in [0.15, 0.2) is 0 Å². The SMILES string of the molecule is CC(C)(C)OC(=O)NC1CC2(CCC(=O)CC2)C1. The number of ether oxygens (including phenoxy) is 1. The highest BCUT2D eigenvalue weighted by Crippen LogP contribution is 2.50. The number of Topliss-reactive ketones (excluding diaryl/α,β-unsaturated/α-hetero) is 1. The summed E-state index contributed by atoms with van der Waals surface area (Å²) in [4.78, 5) is 22.8. The number of ketones is 1. The van der Waals surface area contributed by atoms with Crippen molar-refractivity contribution in [1.82, 2.24) is 5.32 Å². The summed E-state index contributed by atoms with van der Waals surface area (Å²) in [6, 6.07) is 0.230. The van der Waals surface area contributed by atoms with Crippen LogP contribution in [0.3, 0.4) is 0 Å². The fourth-order valence-corrected chi connectivity index (χ4v) is 3.03. The standard InChI is InChI=1S/C14H23NO3/c1-13(2,3)18-12(17)15-10-8-14(9-10)6-4-11(16)5-7-14/h10H,4-9H2,1-3H3,(H,15,17). The molecule has 0 heterocycles. The third-order valence-corrected chi connectivity index (χ3v) is 3.95. The van der Waals surface area contributed by atoms with Crippen LogP contribution in [0.5, 0.6) is 0 Å². The van der Waals surface area contributed by atoms with Crippen molar-refractivity contribution >= 4 is 11.9 Å². The van der Waals surface area contributed by atoms with Crippen molar-refractivity contribution in [2.24, 2.45) is 5.41 Å². The largest absolute Gasteiger partial charge is 0.444 e. The van der Waals surface area contributed by atoms with E-state index < -0.39 is 5.60 Å². The summed E-state index contributed by atoms with van der Waals surface area (Å²) in [6.07, 6.45) is 5.11. The van der Waals surface area contributed by atoms with E-state index in [1.54, 1.807) is 0 Å². The second-order valence-electron chi connectivity index (χ2n) is 6.79. The lowest BCUT2D eigenvalue weighted by Crippen LogP contribution is -2.52. The molecule has 2 aliphatic rings. The quantitative estimate of drug-likeness (QED) is 0.781. The average Bonchev–Trinajstić information content (AvgIpc) is 2.16. The van der Waals surface area contributed by atoms with E-state index in [-0.39, 0.29) is 12.1 Å². The Morgan fingerprint density at radius 1 is 1.28 bits per heavy atom. The Morgan fingerprint density at radius 3 is 2.33 bits per heavy atom. The van der Waals surface area contributed by atoms with E-state index in [1.165, 1.54) is 0 Å². The molecule has 2 fully saturated rings. The molecule has 1 amide bonds. The lowest BCUT2D eigenvalue weighted by atomic mass is 9.58. The molecule has 0 aromatic carbocycles. The second kappa shape index (κ2) is 4.56. The smallest absolute Gasteiger partial charge is 0.407 e. The molecule has 2 rings (SSSR count). The minimum Gasteiger partial charge on any atom is -0.444 e. The van der Waals surface area contributed by atoms with Crippen LogP contribution in [0, 0.1) is 5.41 Å². The highest BCUT2D eigenvalue weighted by Gasteiger charge is 2.46. The van der Waals surface area contributed by atoms with Gasteiger partial charge in [-0.15, -0.1) is 0 Å². The van der Waals surface area contributed by atoms with Gasteiger partial charge in [-0.2, -0.15) is 0 Å². The predicted molar refractivity (Wildman–Crippen MR) is 68.3 cm³/mol. The molecule has 1 spiro atoms. The van der Waals surface area contributed by atoms with E-state index in [0.717, 1.165) is 38.5 Å². The third-order valence-electron chi connectivity index (χ3n) is 3.95. The van der Waals surface area contributed by atoms with Crippen molar-refractivity contribution < 1.29 is 14.3 Å². The zero-order valence-electron chi connectivity index (χ0n) is 11.5. The summed E-state index contributed by atoms with van der Waals surface area (Å²) < 4.78 is 5.23. The van der Waals surface area contributed by atoms with E-state index in [9.17, 15) is 9.59 Å². The van der Waals surface area contributed by atoms with Crippen molar-refractivity contribution in [1.29, 1.82) is 0 Å². The topological polar surface area (TPSA) is 55.4 Å². The Morgan fingerprint density at radius 2 is 1.83 bits per heavy atom. The second-order valence-corrected chi connectivity index (χ2v) is 6.79. The van der Waals surface area contributed by atoms with E-state index in [1.807, 2.05) is 20.8 Å². The van der Waals surface area contributed by atoms with Crippen LogP contribution in [0.25, 0.3) is 0 Å². The molecule has 1 N–H and O–H groups in total. The molecule has 0 saturated heterocycles. The van der Waals surface area contributed by atoms with Gasteiger partial charge in [-0.3, -0.25) is 4.79 Å². The maximum atomic E-state index is 11.6. The number of hydrogen-bond acceptors (Lipinski definition) is 3. The van der Waals surface area contributed by atoms with Crippen LogP contribution in [-0.4, -0.2) is 23.5 Å². The first-order valence-corrected chi connectivity index (χ1v) is 6.79. The monoisotopic (exact) mass is 253 g/mol. The van der Waals surface area contributed by atoms with Crippen LogP contribution in [0.4, 0.5) is 4.79 Å². The summed E-state index contributed by atoms with van der Waals surface area (Å²) >= 11 is 0. The summed E-state index contributed by atoms with van der Waals surface area (Å²) in [7, 11) is 0. The van der Waals surface area contributed by atoms with E-state index in [4.69, 9.17) is 4.74 Å². The van der Waals surface area contributed by atoms with Crippen LogP contribution in [-0.2, 0) is 9.53 Å². The minimum absolute atomic E-state index is 0.230. The fourth-order valence-electron chi connectivity index (χ4n) is 3.03. The molecule has 0 unspecified atom stereocenters. The lowest BCUT2D eigenvalue weighted by Gasteiger charge is -2.50. The molecule has 4 nitrogen and oxygen atoms in total. The molecular formula is C14H23NO3. The van der Waals surface area contributed by atoms with Gasteiger partial charge in [0.25, 0.3) is 0 Å². The van der Waals surface area contributed by atoms with Crippen molar-refractivity contribution in [2.75, 3.05) is 0 Å². The number of carbonyl (C=O) groups is 2. The first-order chi connectivity index (χ1) is 8.28. The number of alkyl carbamates (subject to hydrolysis) is 1. The van der Waals surface area contributed by atoms with Gasteiger partial charge in [-0.25, -0.2) is 4.79 Å². The maximum absolute atomic E-state index is 11.6. The van der Waals surface area contributed by atoms with Gasteiger partial charge in [0.15, 0.2) is 0 Å². The molecule has 2 saturated carbocycles. The number of nitrogens with one attached hydrogen (secondary N) is 1. The van der Waals surface area contributed by atoms with Crippen molar-refractivity contribution in [3.8, 4) is 0 Å². The average molecular weight is 253 g/mol. The van der Waals surface area contributed by atoms with Crippen LogP contribution >= 0.6 is 0 Å². The van der Waals surface area contributed by atoms with E-state index in [0.29, 0.717) is 11.2 Å². The minimum atomic E-state index is -0.442. The number of hydrogen-bond donors (Lipinski definition) is 1. The molecule has 4 heteroatoms. The first-order valence-electron chi connectivity index (χ1n) is 6.79. The highest BCUT2D eigenvalue weighted by molar-refractivity contribution is 5.79. The lowest BCUT2D eigenvalue weighted by molar-refractivity contribution is -0.124. The van der Waals surface area contributed by atoms with Gasteiger partial charge in [-0.05, 0) is 51.9 Å². The van der Waals surface area contributed by atoms with Crippen molar-refractivity contribution in [3.63, 3.8) is 0 Å². The number of carbonyl (C=O) groups excluding carboxylic acids is 2. The maximum Gasteiger partial charge on any atom is 0.407 e. The highest BCUT2D eigenvalue weighted by atomic mass is 16.6. The normalized spacial score (nSPS) is 23.6. The summed E-state index contributed by atoms with van der Waals surface area (Å²) in [5, 5.41) is 2.91. The molecule has 0 aromatic rings. The molecule has 0 aliphatic heterocycles. The Labute approximate surface area is 108 Å². The van der Waals surface area contributed by atoms with Gasteiger partial charge in [0.05, 0.1) is 0 Å². The predicted octanol–water partition coefficient (Wildman–Crippen LogP) is 2.80. The molecule has 0 atom stereocenters. The molecule has 0 aromatic heterocycles. The Kier molecular flexibility index (Phi) is 3.39. The molecular weight excluding hydrogens is 230 g/mol. The number of rotatable bonds is 1. The summed E-state index contributed by atoms with van der Waals surface area (Å²) in [5.74, 6) is 0.393. The van der Waals surface area contributed by atoms with Crippen molar-refractivity contribution in [2.45, 2.75) is 70.9 Å².